The zero-order valence-electron chi connectivity index (χ0n) is 19.2. The van der Waals surface area contributed by atoms with Crippen molar-refractivity contribution in [3.05, 3.63) is 83.7 Å². The lowest BCUT2D eigenvalue weighted by Crippen LogP contribution is -2.39. The molecule has 1 heterocycles. The van der Waals surface area contributed by atoms with Gasteiger partial charge in [-0.3, -0.25) is 4.90 Å². The first-order valence-corrected chi connectivity index (χ1v) is 10.9. The van der Waals surface area contributed by atoms with E-state index in [2.05, 4.69) is 12.1 Å². The van der Waals surface area contributed by atoms with Gasteiger partial charge in [-0.05, 0) is 56.7 Å². The minimum absolute atomic E-state index is 0.179. The molecule has 2 amide bonds. The molecule has 0 saturated heterocycles. The first-order chi connectivity index (χ1) is 15.6. The third kappa shape index (κ3) is 7.67. The summed E-state index contributed by atoms with van der Waals surface area (Å²) in [5.74, 6) is 0.179. The maximum absolute atomic E-state index is 13.2. The van der Waals surface area contributed by atoms with Gasteiger partial charge in [0, 0.05) is 18.9 Å². The molecule has 0 N–H and O–H groups in total. The number of halogens is 3. The molecule has 4 nitrogen and oxygen atoms in total. The van der Waals surface area contributed by atoms with Gasteiger partial charge in [0.1, 0.15) is 0 Å². The first kappa shape index (κ1) is 26.0. The lowest BCUT2D eigenvalue weighted by atomic mass is 9.99. The first-order valence-electron chi connectivity index (χ1n) is 10.9. The smallest absolute Gasteiger partial charge is 0.304 e. The molecule has 0 spiro atoms. The van der Waals surface area contributed by atoms with Crippen LogP contribution in [-0.4, -0.2) is 22.9 Å². The molecular formula is C26H30F3N3O. The van der Waals surface area contributed by atoms with E-state index in [1.165, 1.54) is 15.9 Å². The van der Waals surface area contributed by atoms with Crippen LogP contribution in [0.4, 0.5) is 18.0 Å². The van der Waals surface area contributed by atoms with Crippen LogP contribution in [0.2, 0.25) is 0 Å². The van der Waals surface area contributed by atoms with Gasteiger partial charge in [0.2, 0.25) is 0 Å². The van der Waals surface area contributed by atoms with Crippen LogP contribution in [-0.2, 0) is 6.18 Å². The molecular weight excluding hydrogens is 427 g/mol. The van der Waals surface area contributed by atoms with E-state index in [1.54, 1.807) is 26.2 Å². The summed E-state index contributed by atoms with van der Waals surface area (Å²) in [7, 11) is 1.65. The van der Waals surface area contributed by atoms with Gasteiger partial charge in [-0.25, -0.2) is 4.79 Å². The molecule has 0 radical (unpaired) electrons. The van der Waals surface area contributed by atoms with Crippen molar-refractivity contribution < 1.29 is 18.0 Å². The summed E-state index contributed by atoms with van der Waals surface area (Å²) in [6, 6.07) is 6.31. The standard InChI is InChI=1S/C26H30F3N3O/c1-20-14-15-22(11-8-6-4-5-7-9-17-30)16-18-31(3)25(33)32(20)21(2)23-12-10-13-24(19-23)26(27,28)29/h5-8,10,12-14,16,18-19,21-22H,4,9,11,15H2,1-3H3/b7-5-,8-6-,18-16+,20-14+. The average Bonchev–Trinajstić information content (AvgIpc) is 2.83. The maximum atomic E-state index is 13.2. The van der Waals surface area contributed by atoms with E-state index < -0.39 is 17.8 Å². The summed E-state index contributed by atoms with van der Waals surface area (Å²) < 4.78 is 39.5. The number of nitrogens with zero attached hydrogens (tertiary/aromatic N) is 3. The number of carbonyl (C=O) groups is 1. The van der Waals surface area contributed by atoms with Gasteiger partial charge >= 0.3 is 12.2 Å². The van der Waals surface area contributed by atoms with Crippen LogP contribution in [0, 0.1) is 17.2 Å². The van der Waals surface area contributed by atoms with Crippen LogP contribution in [0.5, 0.6) is 0 Å². The highest BCUT2D eigenvalue weighted by Crippen LogP contribution is 2.33. The molecule has 0 fully saturated rings. The topological polar surface area (TPSA) is 47.3 Å². The second-order valence-corrected chi connectivity index (χ2v) is 8.02. The molecule has 2 rings (SSSR count). The van der Waals surface area contributed by atoms with Gasteiger partial charge in [-0.15, -0.1) is 0 Å². The predicted octanol–water partition coefficient (Wildman–Crippen LogP) is 7.36. The van der Waals surface area contributed by atoms with Gasteiger partial charge in [0.05, 0.1) is 24.1 Å². The summed E-state index contributed by atoms with van der Waals surface area (Å²) in [4.78, 5) is 16.1. The van der Waals surface area contributed by atoms with Crippen molar-refractivity contribution in [2.24, 2.45) is 5.92 Å². The molecule has 176 valence electrons. The second-order valence-electron chi connectivity index (χ2n) is 8.02. The fourth-order valence-corrected chi connectivity index (χ4v) is 3.58. The number of amides is 2. The Hall–Kier alpha value is -3.27. The highest BCUT2D eigenvalue weighted by Gasteiger charge is 2.32. The van der Waals surface area contributed by atoms with Gasteiger partial charge < -0.3 is 4.90 Å². The summed E-state index contributed by atoms with van der Waals surface area (Å²) >= 11 is 0. The largest absolute Gasteiger partial charge is 0.416 e. The van der Waals surface area contributed by atoms with Crippen LogP contribution in [0.1, 0.15) is 56.7 Å². The molecule has 33 heavy (non-hydrogen) atoms. The number of hydrogen-bond donors (Lipinski definition) is 0. The molecule has 1 aliphatic rings. The van der Waals surface area contributed by atoms with E-state index in [1.807, 2.05) is 37.3 Å². The highest BCUT2D eigenvalue weighted by molar-refractivity contribution is 5.77. The van der Waals surface area contributed by atoms with Gasteiger partial charge in [-0.1, -0.05) is 48.6 Å². The molecule has 7 heteroatoms. The van der Waals surface area contributed by atoms with Crippen molar-refractivity contribution in [2.75, 3.05) is 7.05 Å². The number of urea groups is 1. The minimum Gasteiger partial charge on any atom is -0.304 e. The van der Waals surface area contributed by atoms with E-state index in [-0.39, 0.29) is 11.9 Å². The molecule has 0 saturated carbocycles. The zero-order chi connectivity index (χ0) is 24.4. The Labute approximate surface area is 194 Å². The van der Waals surface area contributed by atoms with E-state index in [4.69, 9.17) is 5.26 Å². The SMILES string of the molecule is C/C1=C\CC(C/C=C\C/C=C\CC#N)/C=C/N(C)C(=O)N1C(C)c1cccc(C(F)(F)F)c1. The van der Waals surface area contributed by atoms with Crippen LogP contribution >= 0.6 is 0 Å². The lowest BCUT2D eigenvalue weighted by molar-refractivity contribution is -0.137. The van der Waals surface area contributed by atoms with Crippen molar-refractivity contribution in [2.45, 2.75) is 51.7 Å². The van der Waals surface area contributed by atoms with Crippen LogP contribution in [0.25, 0.3) is 0 Å². The maximum Gasteiger partial charge on any atom is 0.416 e. The van der Waals surface area contributed by atoms with Gasteiger partial charge in [0.15, 0.2) is 0 Å². The van der Waals surface area contributed by atoms with Gasteiger partial charge in [-0.2, -0.15) is 18.4 Å². The number of carbonyl (C=O) groups excluding carboxylic acids is 1. The normalized spacial score (nSPS) is 21.3. The second kappa shape index (κ2) is 12.1. The fraction of sp³-hybridized carbons (Fsp3) is 0.385. The number of hydrogen-bond acceptors (Lipinski definition) is 2. The van der Waals surface area contributed by atoms with Gasteiger partial charge in [0.25, 0.3) is 0 Å². The lowest BCUT2D eigenvalue weighted by Gasteiger charge is -2.33. The molecule has 1 aromatic rings. The van der Waals surface area contributed by atoms with E-state index in [0.29, 0.717) is 24.1 Å². The summed E-state index contributed by atoms with van der Waals surface area (Å²) in [5, 5.41) is 8.53. The monoisotopic (exact) mass is 457 g/mol. The summed E-state index contributed by atoms with van der Waals surface area (Å²) in [6.07, 6.45) is 11.8. The molecule has 2 atom stereocenters. The molecule has 1 aromatic carbocycles. The number of alkyl halides is 3. The molecule has 1 aliphatic heterocycles. The van der Waals surface area contributed by atoms with Crippen molar-refractivity contribution in [3.63, 3.8) is 0 Å². The van der Waals surface area contributed by atoms with Crippen molar-refractivity contribution >= 4 is 6.03 Å². The van der Waals surface area contributed by atoms with Crippen LogP contribution in [0.15, 0.2) is 72.6 Å². The van der Waals surface area contributed by atoms with Crippen molar-refractivity contribution in [3.8, 4) is 6.07 Å². The Kier molecular flexibility index (Phi) is 9.53. The predicted molar refractivity (Wildman–Crippen MR) is 124 cm³/mol. The molecule has 0 aliphatic carbocycles. The number of allylic oxidation sites excluding steroid dienone is 7. The summed E-state index contributed by atoms with van der Waals surface area (Å²) in [6.45, 7) is 3.55. The summed E-state index contributed by atoms with van der Waals surface area (Å²) in [5.41, 5.74) is 0.396. The third-order valence-electron chi connectivity index (χ3n) is 5.52. The third-order valence-corrected chi connectivity index (χ3v) is 5.52. The Morgan fingerprint density at radius 1 is 1.24 bits per heavy atom. The number of benzene rings is 1. The Bertz CT molecular complexity index is 970. The number of rotatable bonds is 7. The minimum atomic E-state index is -4.44. The van der Waals surface area contributed by atoms with Crippen molar-refractivity contribution in [1.29, 1.82) is 5.26 Å². The van der Waals surface area contributed by atoms with E-state index in [0.717, 1.165) is 25.0 Å². The zero-order valence-corrected chi connectivity index (χ0v) is 19.2. The quantitative estimate of drug-likeness (QED) is 0.402. The molecule has 0 bridgehead atoms. The Morgan fingerprint density at radius 3 is 2.67 bits per heavy atom. The van der Waals surface area contributed by atoms with E-state index >= 15 is 0 Å². The van der Waals surface area contributed by atoms with Crippen molar-refractivity contribution in [1.82, 2.24) is 9.80 Å². The molecule has 2 unspecified atom stereocenters. The fourth-order valence-electron chi connectivity index (χ4n) is 3.58. The molecule has 0 aromatic heterocycles. The number of nitriles is 1. The Morgan fingerprint density at radius 2 is 1.97 bits per heavy atom. The average molecular weight is 458 g/mol. The highest BCUT2D eigenvalue weighted by atomic mass is 19.4. The van der Waals surface area contributed by atoms with Crippen LogP contribution in [0.3, 0.4) is 0 Å². The van der Waals surface area contributed by atoms with Crippen LogP contribution < -0.4 is 0 Å². The van der Waals surface area contributed by atoms with E-state index in [9.17, 15) is 18.0 Å². The Balaban J connectivity index is 2.19.